The zero-order valence-corrected chi connectivity index (χ0v) is 7.79. The molecule has 1 aromatic heterocycles. The molecule has 1 heterocycles. The Bertz CT molecular complexity index is 459. The quantitative estimate of drug-likeness (QED) is 0.719. The van der Waals surface area contributed by atoms with Gasteiger partial charge < -0.3 is 0 Å². The molecule has 2 rings (SSSR count). The van der Waals surface area contributed by atoms with Gasteiger partial charge in [0.2, 0.25) is 5.95 Å². The van der Waals surface area contributed by atoms with Gasteiger partial charge in [-0.15, -0.1) is 0 Å². The highest BCUT2D eigenvalue weighted by Gasteiger charge is 2.06. The van der Waals surface area contributed by atoms with Crippen molar-refractivity contribution in [2.24, 2.45) is 0 Å². The Morgan fingerprint density at radius 1 is 1.29 bits per heavy atom. The van der Waals surface area contributed by atoms with Crippen LogP contribution < -0.4 is 0 Å². The SMILES string of the molecule is Fc1nccnc1-c1cc[c]c(Cl)c1. The second-order valence-corrected chi connectivity index (χ2v) is 3.03. The maximum absolute atomic E-state index is 13.2. The molecular weight excluding hydrogens is 203 g/mol. The average molecular weight is 208 g/mol. The molecule has 0 aliphatic heterocycles. The second kappa shape index (κ2) is 3.72. The predicted molar refractivity (Wildman–Crippen MR) is 51.3 cm³/mol. The Balaban J connectivity index is 2.55. The van der Waals surface area contributed by atoms with Crippen LogP contribution in [0, 0.1) is 12.0 Å². The summed E-state index contributed by atoms with van der Waals surface area (Å²) in [5.41, 5.74) is 0.794. The van der Waals surface area contributed by atoms with Crippen LogP contribution in [0.3, 0.4) is 0 Å². The molecule has 2 aromatic rings. The van der Waals surface area contributed by atoms with Crippen LogP contribution in [0.1, 0.15) is 0 Å². The van der Waals surface area contributed by atoms with Gasteiger partial charge in [0, 0.05) is 29.0 Å². The first-order valence-corrected chi connectivity index (χ1v) is 4.29. The predicted octanol–water partition coefficient (Wildman–Crippen LogP) is 2.74. The third kappa shape index (κ3) is 1.72. The van der Waals surface area contributed by atoms with E-state index in [0.717, 1.165) is 0 Å². The Morgan fingerprint density at radius 2 is 2.07 bits per heavy atom. The lowest BCUT2D eigenvalue weighted by Gasteiger charge is -2.00. The maximum Gasteiger partial charge on any atom is 0.239 e. The number of hydrogen-bond donors (Lipinski definition) is 0. The summed E-state index contributed by atoms with van der Waals surface area (Å²) in [6.45, 7) is 0. The summed E-state index contributed by atoms with van der Waals surface area (Å²) in [6, 6.07) is 7.64. The molecule has 1 aromatic carbocycles. The minimum absolute atomic E-state index is 0.198. The van der Waals surface area contributed by atoms with E-state index < -0.39 is 5.95 Å². The van der Waals surface area contributed by atoms with E-state index in [1.807, 2.05) is 0 Å². The fourth-order valence-corrected chi connectivity index (χ4v) is 1.28. The summed E-state index contributed by atoms with van der Waals surface area (Å²) in [6.07, 6.45) is 2.73. The molecule has 0 unspecified atom stereocenters. The second-order valence-electron chi connectivity index (χ2n) is 2.62. The lowest BCUT2D eigenvalue weighted by Crippen LogP contribution is -1.91. The lowest BCUT2D eigenvalue weighted by atomic mass is 10.1. The summed E-state index contributed by atoms with van der Waals surface area (Å²) >= 11 is 5.72. The number of aromatic nitrogens is 2. The van der Waals surface area contributed by atoms with Crippen LogP contribution in [-0.4, -0.2) is 9.97 Å². The van der Waals surface area contributed by atoms with Gasteiger partial charge >= 0.3 is 0 Å². The monoisotopic (exact) mass is 207 g/mol. The summed E-state index contributed by atoms with van der Waals surface area (Å²) in [5, 5.41) is 0.424. The molecule has 0 saturated carbocycles. The van der Waals surface area contributed by atoms with Gasteiger partial charge in [0.05, 0.1) is 0 Å². The zero-order valence-electron chi connectivity index (χ0n) is 7.04. The van der Waals surface area contributed by atoms with E-state index >= 15 is 0 Å². The number of halogens is 2. The number of rotatable bonds is 1. The fraction of sp³-hybridized carbons (Fsp3) is 0. The van der Waals surface area contributed by atoms with Crippen molar-refractivity contribution in [2.75, 3.05) is 0 Å². The highest BCUT2D eigenvalue weighted by molar-refractivity contribution is 6.30. The number of nitrogens with zero attached hydrogens (tertiary/aromatic N) is 2. The third-order valence-corrected chi connectivity index (χ3v) is 1.91. The summed E-state index contributed by atoms with van der Waals surface area (Å²) < 4.78 is 13.2. The largest absolute Gasteiger partial charge is 0.250 e. The van der Waals surface area contributed by atoms with Gasteiger partial charge in [0.1, 0.15) is 5.69 Å². The standard InChI is InChI=1S/C10H5ClFN2/c11-8-3-1-2-7(6-8)9-10(12)14-5-4-13-9/h1-2,4-6H. The summed E-state index contributed by atoms with van der Waals surface area (Å²) in [7, 11) is 0. The first kappa shape index (κ1) is 9.09. The Hall–Kier alpha value is -1.48. The molecule has 0 spiro atoms. The van der Waals surface area contributed by atoms with Crippen molar-refractivity contribution in [1.82, 2.24) is 9.97 Å². The summed E-state index contributed by atoms with van der Waals surface area (Å²) in [4.78, 5) is 7.38. The molecule has 69 valence electrons. The fourth-order valence-electron chi connectivity index (χ4n) is 1.10. The molecule has 0 N–H and O–H groups in total. The van der Waals surface area contributed by atoms with Gasteiger partial charge in [-0.05, 0) is 6.07 Å². The smallest absolute Gasteiger partial charge is 0.239 e. The van der Waals surface area contributed by atoms with Crippen molar-refractivity contribution in [3.05, 3.63) is 47.6 Å². The maximum atomic E-state index is 13.2. The van der Waals surface area contributed by atoms with E-state index in [-0.39, 0.29) is 5.69 Å². The lowest BCUT2D eigenvalue weighted by molar-refractivity contribution is 0.581. The van der Waals surface area contributed by atoms with Crippen molar-refractivity contribution in [2.45, 2.75) is 0 Å². The van der Waals surface area contributed by atoms with E-state index in [1.54, 1.807) is 18.2 Å². The van der Waals surface area contributed by atoms with Crippen molar-refractivity contribution in [3.63, 3.8) is 0 Å². The molecule has 0 saturated heterocycles. The van der Waals surface area contributed by atoms with E-state index in [4.69, 9.17) is 11.6 Å². The van der Waals surface area contributed by atoms with Crippen molar-refractivity contribution >= 4 is 11.6 Å². The Labute approximate surface area is 85.4 Å². The average Bonchev–Trinajstić information content (AvgIpc) is 2.18. The van der Waals surface area contributed by atoms with Crippen molar-refractivity contribution < 1.29 is 4.39 Å². The van der Waals surface area contributed by atoms with E-state index in [1.165, 1.54) is 12.4 Å². The zero-order chi connectivity index (χ0) is 9.97. The van der Waals surface area contributed by atoms with Crippen LogP contribution in [-0.2, 0) is 0 Å². The Morgan fingerprint density at radius 3 is 2.79 bits per heavy atom. The third-order valence-electron chi connectivity index (χ3n) is 1.69. The van der Waals surface area contributed by atoms with Crippen LogP contribution in [0.15, 0.2) is 30.6 Å². The molecule has 0 amide bonds. The topological polar surface area (TPSA) is 25.8 Å². The highest BCUT2D eigenvalue weighted by Crippen LogP contribution is 2.21. The van der Waals surface area contributed by atoms with E-state index in [0.29, 0.717) is 10.6 Å². The van der Waals surface area contributed by atoms with Gasteiger partial charge in [-0.3, -0.25) is 0 Å². The highest BCUT2D eigenvalue weighted by atomic mass is 35.5. The molecule has 14 heavy (non-hydrogen) atoms. The van der Waals surface area contributed by atoms with Crippen LogP contribution in [0.4, 0.5) is 4.39 Å². The van der Waals surface area contributed by atoms with Gasteiger partial charge in [-0.1, -0.05) is 23.7 Å². The van der Waals surface area contributed by atoms with Gasteiger partial charge in [0.15, 0.2) is 0 Å². The molecule has 0 fully saturated rings. The minimum atomic E-state index is -0.602. The Kier molecular flexibility index (Phi) is 2.41. The normalized spacial score (nSPS) is 10.1. The van der Waals surface area contributed by atoms with Crippen LogP contribution in [0.2, 0.25) is 5.02 Å². The molecule has 0 aliphatic rings. The molecule has 1 radical (unpaired) electrons. The minimum Gasteiger partial charge on any atom is -0.250 e. The number of hydrogen-bond acceptors (Lipinski definition) is 2. The summed E-state index contributed by atoms with van der Waals surface area (Å²) in [5.74, 6) is -0.602. The van der Waals surface area contributed by atoms with E-state index in [2.05, 4.69) is 16.0 Å². The van der Waals surface area contributed by atoms with Crippen LogP contribution in [0.25, 0.3) is 11.3 Å². The van der Waals surface area contributed by atoms with Gasteiger partial charge in [-0.25, -0.2) is 9.97 Å². The van der Waals surface area contributed by atoms with Gasteiger partial charge in [0.25, 0.3) is 0 Å². The molecule has 0 aliphatic carbocycles. The molecule has 0 atom stereocenters. The molecular formula is C10H5ClFN2. The first-order chi connectivity index (χ1) is 6.77. The number of benzene rings is 1. The van der Waals surface area contributed by atoms with Crippen LogP contribution >= 0.6 is 11.6 Å². The molecule has 4 heteroatoms. The van der Waals surface area contributed by atoms with E-state index in [9.17, 15) is 4.39 Å². The molecule has 0 bridgehead atoms. The van der Waals surface area contributed by atoms with Crippen molar-refractivity contribution in [1.29, 1.82) is 0 Å². The first-order valence-electron chi connectivity index (χ1n) is 3.91. The molecule has 2 nitrogen and oxygen atoms in total. The van der Waals surface area contributed by atoms with Gasteiger partial charge in [-0.2, -0.15) is 4.39 Å². The van der Waals surface area contributed by atoms with Crippen LogP contribution in [0.5, 0.6) is 0 Å². The van der Waals surface area contributed by atoms with Crippen molar-refractivity contribution in [3.8, 4) is 11.3 Å².